The van der Waals surface area contributed by atoms with Gasteiger partial charge in [-0.15, -0.1) is 0 Å². The lowest BCUT2D eigenvalue weighted by Crippen LogP contribution is -2.56. The van der Waals surface area contributed by atoms with Gasteiger partial charge in [-0.2, -0.15) is 4.31 Å². The summed E-state index contributed by atoms with van der Waals surface area (Å²) in [4.78, 5) is 29.0. The number of nitrogens with one attached hydrogen (secondary N) is 1. The largest absolute Gasteiger partial charge is 0.370 e. The summed E-state index contributed by atoms with van der Waals surface area (Å²) in [5.74, 6) is -1.01. The van der Waals surface area contributed by atoms with Gasteiger partial charge in [-0.05, 0) is 50.5 Å². The highest BCUT2D eigenvalue weighted by Gasteiger charge is 2.42. The highest BCUT2D eigenvalue weighted by Crippen LogP contribution is 2.26. The predicted molar refractivity (Wildman–Crippen MR) is 130 cm³/mol. The SMILES string of the molecule is CCS(=O)(=O)N(CC1CCN(C(=N)N)CC1)[C@H](Cc1ccccc1)C(=O)N1CCC[C@H]1C(N)=O. The standard InChI is InChI=1S/C23H36N6O4S/c1-2-34(32,33)29(16-18-10-13-27(14-11-18)23(25)26)20(15-17-7-4-3-5-8-17)22(31)28-12-6-9-19(28)21(24)30/h3-5,7-8,18-20H,2,6,9-16H2,1H3,(H2,24,30)(H3,25,26)/t19-,20+/m0/s1. The fourth-order valence-electron chi connectivity index (χ4n) is 4.88. The van der Waals surface area contributed by atoms with E-state index in [1.54, 1.807) is 11.8 Å². The molecule has 2 atom stereocenters. The number of sulfonamides is 1. The van der Waals surface area contributed by atoms with Crippen LogP contribution in [0, 0.1) is 11.3 Å². The zero-order valence-electron chi connectivity index (χ0n) is 19.7. The fourth-order valence-corrected chi connectivity index (χ4v) is 6.20. The predicted octanol–water partition coefficient (Wildman–Crippen LogP) is 0.331. The maximum Gasteiger partial charge on any atom is 0.242 e. The first-order chi connectivity index (χ1) is 16.1. The number of benzene rings is 1. The lowest BCUT2D eigenvalue weighted by Gasteiger charge is -2.38. The summed E-state index contributed by atoms with van der Waals surface area (Å²) in [5.41, 5.74) is 12.0. The molecule has 0 radical (unpaired) electrons. The molecular formula is C23H36N6O4S. The second kappa shape index (κ2) is 11.2. The van der Waals surface area contributed by atoms with E-state index in [1.165, 1.54) is 9.21 Å². The molecule has 11 heteroatoms. The van der Waals surface area contributed by atoms with Crippen LogP contribution in [0.15, 0.2) is 30.3 Å². The molecule has 10 nitrogen and oxygen atoms in total. The number of hydrogen-bond acceptors (Lipinski definition) is 5. The molecule has 0 aliphatic carbocycles. The van der Waals surface area contributed by atoms with Crippen LogP contribution in [0.5, 0.6) is 0 Å². The van der Waals surface area contributed by atoms with Crippen LogP contribution in [0.3, 0.4) is 0 Å². The molecule has 188 valence electrons. The summed E-state index contributed by atoms with van der Waals surface area (Å²) in [6.07, 6.45) is 2.71. The molecule has 34 heavy (non-hydrogen) atoms. The molecule has 2 amide bonds. The van der Waals surface area contributed by atoms with Crippen LogP contribution in [0.1, 0.15) is 38.2 Å². The first kappa shape index (κ1) is 26.0. The molecule has 1 aromatic carbocycles. The molecule has 0 spiro atoms. The van der Waals surface area contributed by atoms with Gasteiger partial charge in [0.1, 0.15) is 12.1 Å². The van der Waals surface area contributed by atoms with E-state index in [0.29, 0.717) is 45.3 Å². The summed E-state index contributed by atoms with van der Waals surface area (Å²) in [7, 11) is -3.73. The Morgan fingerprint density at radius 3 is 2.32 bits per heavy atom. The van der Waals surface area contributed by atoms with Gasteiger partial charge in [0.15, 0.2) is 5.96 Å². The molecule has 1 aromatic rings. The number of nitrogens with zero attached hydrogens (tertiary/aromatic N) is 3. The van der Waals surface area contributed by atoms with Gasteiger partial charge in [0.2, 0.25) is 21.8 Å². The molecule has 2 aliphatic heterocycles. The molecule has 3 rings (SSSR count). The third-order valence-electron chi connectivity index (χ3n) is 6.88. The number of piperidine rings is 1. The quantitative estimate of drug-likeness (QED) is 0.333. The number of nitrogens with two attached hydrogens (primary N) is 2. The average Bonchev–Trinajstić information content (AvgIpc) is 3.32. The van der Waals surface area contributed by atoms with E-state index in [2.05, 4.69) is 0 Å². The van der Waals surface area contributed by atoms with E-state index in [0.717, 1.165) is 5.56 Å². The van der Waals surface area contributed by atoms with Crippen LogP contribution < -0.4 is 11.5 Å². The van der Waals surface area contributed by atoms with Gasteiger partial charge in [0.05, 0.1) is 5.75 Å². The third kappa shape index (κ3) is 6.06. The van der Waals surface area contributed by atoms with Crippen molar-refractivity contribution in [3.63, 3.8) is 0 Å². The molecule has 0 saturated carbocycles. The molecule has 2 fully saturated rings. The molecule has 2 saturated heterocycles. The van der Waals surface area contributed by atoms with Gasteiger partial charge in [-0.25, -0.2) is 8.42 Å². The van der Waals surface area contributed by atoms with Crippen molar-refractivity contribution in [3.8, 4) is 0 Å². The number of rotatable bonds is 9. The minimum atomic E-state index is -3.73. The molecule has 0 aromatic heterocycles. The first-order valence-corrected chi connectivity index (χ1v) is 13.5. The van der Waals surface area contributed by atoms with E-state index in [1.807, 2.05) is 30.3 Å². The van der Waals surface area contributed by atoms with Crippen molar-refractivity contribution in [2.24, 2.45) is 17.4 Å². The lowest BCUT2D eigenvalue weighted by atomic mass is 9.95. The Bertz CT molecular complexity index is 978. The zero-order valence-corrected chi connectivity index (χ0v) is 20.5. The van der Waals surface area contributed by atoms with E-state index in [9.17, 15) is 18.0 Å². The summed E-state index contributed by atoms with van der Waals surface area (Å²) < 4.78 is 28.0. The van der Waals surface area contributed by atoms with Crippen LogP contribution in [0.4, 0.5) is 0 Å². The maximum atomic E-state index is 13.8. The highest BCUT2D eigenvalue weighted by atomic mass is 32.2. The minimum Gasteiger partial charge on any atom is -0.370 e. The Balaban J connectivity index is 1.92. The van der Waals surface area contributed by atoms with Crippen molar-refractivity contribution in [1.29, 1.82) is 5.41 Å². The van der Waals surface area contributed by atoms with Crippen LogP contribution >= 0.6 is 0 Å². The van der Waals surface area contributed by atoms with Crippen LogP contribution in [-0.2, 0) is 26.0 Å². The van der Waals surface area contributed by atoms with Crippen molar-refractivity contribution in [3.05, 3.63) is 35.9 Å². The van der Waals surface area contributed by atoms with Crippen LogP contribution in [-0.4, -0.2) is 84.3 Å². The first-order valence-electron chi connectivity index (χ1n) is 11.9. The number of guanidine groups is 1. The van der Waals surface area contributed by atoms with Crippen molar-refractivity contribution >= 4 is 27.8 Å². The fraction of sp³-hybridized carbons (Fsp3) is 0.609. The maximum absolute atomic E-state index is 13.8. The topological polar surface area (TPSA) is 154 Å². The third-order valence-corrected chi connectivity index (χ3v) is 8.73. The molecular weight excluding hydrogens is 456 g/mol. The van der Waals surface area contributed by atoms with E-state index in [4.69, 9.17) is 16.9 Å². The smallest absolute Gasteiger partial charge is 0.242 e. The van der Waals surface area contributed by atoms with Gasteiger partial charge in [0.25, 0.3) is 0 Å². The van der Waals surface area contributed by atoms with Gasteiger partial charge in [-0.3, -0.25) is 15.0 Å². The number of carbonyl (C=O) groups excluding carboxylic acids is 2. The highest BCUT2D eigenvalue weighted by molar-refractivity contribution is 7.89. The van der Waals surface area contributed by atoms with Gasteiger partial charge in [-0.1, -0.05) is 30.3 Å². The number of hydrogen-bond donors (Lipinski definition) is 3. The number of amides is 2. The van der Waals surface area contributed by atoms with Gasteiger partial charge < -0.3 is 21.3 Å². The average molecular weight is 493 g/mol. The van der Waals surface area contributed by atoms with Gasteiger partial charge >= 0.3 is 0 Å². The molecule has 2 aliphatic rings. The lowest BCUT2D eigenvalue weighted by molar-refractivity contribution is -0.140. The van der Waals surface area contributed by atoms with Crippen molar-refractivity contribution in [2.75, 3.05) is 31.9 Å². The van der Waals surface area contributed by atoms with Crippen molar-refractivity contribution in [1.82, 2.24) is 14.1 Å². The van der Waals surface area contributed by atoms with E-state index >= 15 is 0 Å². The summed E-state index contributed by atoms with van der Waals surface area (Å²) >= 11 is 0. The van der Waals surface area contributed by atoms with Crippen molar-refractivity contribution < 1.29 is 18.0 Å². The normalized spacial score (nSPS) is 20.5. The van der Waals surface area contributed by atoms with E-state index in [-0.39, 0.29) is 36.5 Å². The van der Waals surface area contributed by atoms with Gasteiger partial charge in [0, 0.05) is 26.2 Å². The molecule has 5 N–H and O–H groups in total. The Morgan fingerprint density at radius 1 is 1.12 bits per heavy atom. The zero-order chi connectivity index (χ0) is 24.9. The van der Waals surface area contributed by atoms with Crippen molar-refractivity contribution in [2.45, 2.75) is 51.1 Å². The van der Waals surface area contributed by atoms with Crippen LogP contribution in [0.25, 0.3) is 0 Å². The Morgan fingerprint density at radius 2 is 1.76 bits per heavy atom. The summed E-state index contributed by atoms with van der Waals surface area (Å²) in [6, 6.07) is 7.65. The minimum absolute atomic E-state index is 0.0140. The summed E-state index contributed by atoms with van der Waals surface area (Å²) in [6.45, 7) is 3.32. The molecule has 0 unspecified atom stereocenters. The summed E-state index contributed by atoms with van der Waals surface area (Å²) in [5, 5.41) is 7.63. The second-order valence-corrected chi connectivity index (χ2v) is 11.3. The number of likely N-dealkylation sites (tertiary alicyclic amines) is 2. The Labute approximate surface area is 201 Å². The number of carbonyl (C=O) groups is 2. The Hall–Kier alpha value is -2.66. The monoisotopic (exact) mass is 492 g/mol. The van der Waals surface area contributed by atoms with Crippen LogP contribution in [0.2, 0.25) is 0 Å². The number of primary amides is 1. The molecule has 0 bridgehead atoms. The van der Waals surface area contributed by atoms with E-state index < -0.39 is 28.0 Å². The molecule has 2 heterocycles. The Kier molecular flexibility index (Phi) is 8.53. The second-order valence-electron chi connectivity index (χ2n) is 9.08.